The van der Waals surface area contributed by atoms with Gasteiger partial charge in [0.25, 0.3) is 5.91 Å². The van der Waals surface area contributed by atoms with E-state index in [4.69, 9.17) is 11.6 Å². The molecule has 9 heteroatoms. The Bertz CT molecular complexity index is 718. The zero-order chi connectivity index (χ0) is 19.5. The predicted octanol–water partition coefficient (Wildman–Crippen LogP) is 1.63. The van der Waals surface area contributed by atoms with Gasteiger partial charge >= 0.3 is 5.97 Å². The first-order valence-electron chi connectivity index (χ1n) is 7.82. The summed E-state index contributed by atoms with van der Waals surface area (Å²) < 4.78 is 4.60. The molecule has 140 valence electrons. The summed E-state index contributed by atoms with van der Waals surface area (Å²) in [4.78, 5) is 45.9. The lowest BCUT2D eigenvalue weighted by Gasteiger charge is -2.09. The summed E-state index contributed by atoms with van der Waals surface area (Å²) in [7, 11) is 0. The van der Waals surface area contributed by atoms with E-state index in [0.717, 1.165) is 17.7 Å². The van der Waals surface area contributed by atoms with Gasteiger partial charge in [0, 0.05) is 35.7 Å². The molecule has 0 radical (unpaired) electrons. The monoisotopic (exact) mass is 381 g/mol. The molecule has 0 fully saturated rings. The van der Waals surface area contributed by atoms with E-state index in [-0.39, 0.29) is 25.4 Å². The Balaban J connectivity index is 2.33. The summed E-state index contributed by atoms with van der Waals surface area (Å²) in [6.45, 7) is 3.60. The van der Waals surface area contributed by atoms with Crippen LogP contribution < -0.4 is 16.2 Å². The standard InChI is InChI=1S/C17H20ClN3O5/c1-3-26-17(25)10-9-16(24)21-20-15(23)8-7-14(22)19-13-6-4-5-12(18)11(13)2/h4-6,9-10H,3,7-8H2,1-2H3,(H,19,22)(H,20,23)(H,21,24). The van der Waals surface area contributed by atoms with E-state index in [1.54, 1.807) is 32.0 Å². The summed E-state index contributed by atoms with van der Waals surface area (Å²) in [5.41, 5.74) is 5.52. The van der Waals surface area contributed by atoms with E-state index in [1.165, 1.54) is 0 Å². The van der Waals surface area contributed by atoms with Crippen LogP contribution >= 0.6 is 11.6 Å². The number of amides is 3. The van der Waals surface area contributed by atoms with Gasteiger partial charge < -0.3 is 10.1 Å². The van der Waals surface area contributed by atoms with Crippen molar-refractivity contribution in [3.8, 4) is 0 Å². The highest BCUT2D eigenvalue weighted by atomic mass is 35.5. The molecule has 0 heterocycles. The number of hydrazine groups is 1. The predicted molar refractivity (Wildman–Crippen MR) is 96.1 cm³/mol. The molecular formula is C17H20ClN3O5. The van der Waals surface area contributed by atoms with Crippen LogP contribution in [0.4, 0.5) is 5.69 Å². The molecule has 0 aliphatic rings. The molecule has 0 saturated heterocycles. The molecule has 0 unspecified atom stereocenters. The minimum Gasteiger partial charge on any atom is -0.463 e. The number of nitrogens with one attached hydrogen (secondary N) is 3. The van der Waals surface area contributed by atoms with Crippen LogP contribution in [0.5, 0.6) is 0 Å². The maximum Gasteiger partial charge on any atom is 0.330 e. The van der Waals surface area contributed by atoms with E-state index >= 15 is 0 Å². The number of ether oxygens (including phenoxy) is 1. The smallest absolute Gasteiger partial charge is 0.330 e. The average Bonchev–Trinajstić information content (AvgIpc) is 2.60. The van der Waals surface area contributed by atoms with Crippen molar-refractivity contribution in [3.05, 3.63) is 40.9 Å². The second-order valence-corrected chi connectivity index (χ2v) is 5.49. The third-order valence-electron chi connectivity index (χ3n) is 3.10. The van der Waals surface area contributed by atoms with E-state index in [0.29, 0.717) is 10.7 Å². The molecule has 0 bridgehead atoms. The van der Waals surface area contributed by atoms with Crippen LogP contribution in [0, 0.1) is 6.92 Å². The van der Waals surface area contributed by atoms with Gasteiger partial charge in [0.05, 0.1) is 6.61 Å². The van der Waals surface area contributed by atoms with E-state index < -0.39 is 17.8 Å². The highest BCUT2D eigenvalue weighted by Crippen LogP contribution is 2.22. The molecule has 0 aliphatic heterocycles. The van der Waals surface area contributed by atoms with Crippen LogP contribution in [0.1, 0.15) is 25.3 Å². The molecule has 0 aromatic heterocycles. The lowest BCUT2D eigenvalue weighted by atomic mass is 10.2. The number of benzene rings is 1. The highest BCUT2D eigenvalue weighted by molar-refractivity contribution is 6.31. The zero-order valence-corrected chi connectivity index (χ0v) is 15.2. The average molecular weight is 382 g/mol. The van der Waals surface area contributed by atoms with Crippen molar-refractivity contribution < 1.29 is 23.9 Å². The number of hydrogen-bond acceptors (Lipinski definition) is 5. The number of carbonyl (C=O) groups is 4. The van der Waals surface area contributed by atoms with Gasteiger partial charge in [0.2, 0.25) is 11.8 Å². The summed E-state index contributed by atoms with van der Waals surface area (Å²) >= 11 is 5.97. The van der Waals surface area contributed by atoms with Gasteiger partial charge in [0.15, 0.2) is 0 Å². The Kier molecular flexibility index (Phi) is 8.86. The second kappa shape index (κ2) is 10.9. The van der Waals surface area contributed by atoms with Crippen molar-refractivity contribution in [2.45, 2.75) is 26.7 Å². The third kappa shape index (κ3) is 7.80. The van der Waals surface area contributed by atoms with Crippen molar-refractivity contribution in [3.63, 3.8) is 0 Å². The van der Waals surface area contributed by atoms with Crippen LogP contribution in [0.15, 0.2) is 30.4 Å². The van der Waals surface area contributed by atoms with Gasteiger partial charge in [-0.1, -0.05) is 17.7 Å². The number of anilines is 1. The molecule has 3 amide bonds. The second-order valence-electron chi connectivity index (χ2n) is 5.08. The maximum absolute atomic E-state index is 11.9. The van der Waals surface area contributed by atoms with E-state index in [2.05, 4.69) is 20.9 Å². The molecule has 0 spiro atoms. The topological polar surface area (TPSA) is 114 Å². The van der Waals surface area contributed by atoms with Crippen molar-refractivity contribution in [2.24, 2.45) is 0 Å². The summed E-state index contributed by atoms with van der Waals surface area (Å²) in [5.74, 6) is -2.28. The van der Waals surface area contributed by atoms with Crippen LogP contribution in [0.25, 0.3) is 0 Å². The van der Waals surface area contributed by atoms with Gasteiger partial charge in [-0.05, 0) is 31.5 Å². The molecule has 26 heavy (non-hydrogen) atoms. The fourth-order valence-electron chi connectivity index (χ4n) is 1.75. The Morgan fingerprint density at radius 1 is 1.08 bits per heavy atom. The first kappa shape index (κ1) is 21.2. The van der Waals surface area contributed by atoms with Gasteiger partial charge in [0.1, 0.15) is 0 Å². The fourth-order valence-corrected chi connectivity index (χ4v) is 1.93. The minimum atomic E-state index is -0.703. The highest BCUT2D eigenvalue weighted by Gasteiger charge is 2.10. The lowest BCUT2D eigenvalue weighted by molar-refractivity contribution is -0.137. The van der Waals surface area contributed by atoms with Crippen LogP contribution in [-0.4, -0.2) is 30.3 Å². The molecule has 0 atom stereocenters. The Morgan fingerprint density at radius 2 is 1.77 bits per heavy atom. The molecule has 1 aromatic carbocycles. The van der Waals surface area contributed by atoms with Crippen molar-refractivity contribution in [2.75, 3.05) is 11.9 Å². The Hall–Kier alpha value is -2.87. The fraction of sp³-hybridized carbons (Fsp3) is 0.294. The Labute approximate surface area is 155 Å². The number of carbonyl (C=O) groups excluding carboxylic acids is 4. The van der Waals surface area contributed by atoms with Crippen molar-refractivity contribution >= 4 is 41.0 Å². The Morgan fingerprint density at radius 3 is 2.46 bits per heavy atom. The minimum absolute atomic E-state index is 0.0771. The first-order chi connectivity index (χ1) is 12.3. The largest absolute Gasteiger partial charge is 0.463 e. The molecule has 1 rings (SSSR count). The van der Waals surface area contributed by atoms with Crippen LogP contribution in [-0.2, 0) is 23.9 Å². The molecule has 0 aliphatic carbocycles. The SMILES string of the molecule is CCOC(=O)C=CC(=O)NNC(=O)CCC(=O)Nc1cccc(Cl)c1C. The van der Waals surface area contributed by atoms with Crippen molar-refractivity contribution in [1.82, 2.24) is 10.9 Å². The summed E-state index contributed by atoms with van der Waals surface area (Å²) in [5, 5.41) is 3.19. The van der Waals surface area contributed by atoms with Crippen LogP contribution in [0.2, 0.25) is 5.02 Å². The van der Waals surface area contributed by atoms with Gasteiger partial charge in [-0.3, -0.25) is 25.2 Å². The normalized spacial score (nSPS) is 10.3. The maximum atomic E-state index is 11.9. The third-order valence-corrected chi connectivity index (χ3v) is 3.51. The van der Waals surface area contributed by atoms with Crippen molar-refractivity contribution in [1.29, 1.82) is 0 Å². The first-order valence-corrected chi connectivity index (χ1v) is 8.20. The van der Waals surface area contributed by atoms with E-state index in [1.807, 2.05) is 0 Å². The number of esters is 1. The van der Waals surface area contributed by atoms with Gasteiger partial charge in [-0.25, -0.2) is 4.79 Å². The molecule has 3 N–H and O–H groups in total. The number of halogens is 1. The van der Waals surface area contributed by atoms with Crippen LogP contribution in [0.3, 0.4) is 0 Å². The van der Waals surface area contributed by atoms with Gasteiger partial charge in [-0.15, -0.1) is 0 Å². The van der Waals surface area contributed by atoms with Gasteiger partial charge in [-0.2, -0.15) is 0 Å². The summed E-state index contributed by atoms with van der Waals surface area (Å²) in [6, 6.07) is 5.12. The zero-order valence-electron chi connectivity index (χ0n) is 14.4. The molecular weight excluding hydrogens is 362 g/mol. The quantitative estimate of drug-likeness (QED) is 0.377. The molecule has 1 aromatic rings. The lowest BCUT2D eigenvalue weighted by Crippen LogP contribution is -2.41. The summed E-state index contributed by atoms with van der Waals surface area (Å²) in [6.07, 6.45) is 1.65. The number of hydrogen-bond donors (Lipinski definition) is 3. The van der Waals surface area contributed by atoms with E-state index in [9.17, 15) is 19.2 Å². The molecule has 0 saturated carbocycles. The number of rotatable bonds is 7. The molecule has 8 nitrogen and oxygen atoms in total.